The summed E-state index contributed by atoms with van der Waals surface area (Å²) >= 11 is 0. The van der Waals surface area contributed by atoms with Gasteiger partial charge in [0.25, 0.3) is 0 Å². The number of primary amides is 1. The average molecular weight is 290 g/mol. The van der Waals surface area contributed by atoms with Gasteiger partial charge in [-0.05, 0) is 31.9 Å². The van der Waals surface area contributed by atoms with Crippen LogP contribution in [-0.2, 0) is 9.59 Å². The molecule has 5 heteroatoms. The Hall–Kier alpha value is -2.17. The number of likely N-dealkylation sites (tertiary alicyclic amines) is 1. The summed E-state index contributed by atoms with van der Waals surface area (Å²) in [6.07, 6.45) is 4.25. The minimum atomic E-state index is -0.377. The predicted molar refractivity (Wildman–Crippen MR) is 78.5 cm³/mol. The zero-order valence-corrected chi connectivity index (χ0v) is 12.0. The van der Waals surface area contributed by atoms with Gasteiger partial charge < -0.3 is 10.6 Å². The average Bonchev–Trinajstić information content (AvgIpc) is 2.46. The maximum atomic E-state index is 13.5. The molecule has 2 rings (SSSR count). The Kier molecular flexibility index (Phi) is 4.73. The van der Waals surface area contributed by atoms with Crippen LogP contribution in [0.3, 0.4) is 0 Å². The molecule has 0 aliphatic carbocycles. The van der Waals surface area contributed by atoms with Crippen molar-refractivity contribution < 1.29 is 14.0 Å². The van der Waals surface area contributed by atoms with E-state index < -0.39 is 0 Å². The van der Waals surface area contributed by atoms with Crippen LogP contribution in [0.25, 0.3) is 6.08 Å². The van der Waals surface area contributed by atoms with Crippen molar-refractivity contribution in [2.24, 2.45) is 11.7 Å². The second kappa shape index (κ2) is 6.52. The molecule has 21 heavy (non-hydrogen) atoms. The molecule has 1 aromatic rings. The van der Waals surface area contributed by atoms with E-state index in [4.69, 9.17) is 5.73 Å². The topological polar surface area (TPSA) is 63.4 Å². The highest BCUT2D eigenvalue weighted by molar-refractivity contribution is 5.92. The number of halogens is 1. The van der Waals surface area contributed by atoms with Gasteiger partial charge in [-0.15, -0.1) is 0 Å². The molecule has 2 N–H and O–H groups in total. The number of rotatable bonds is 3. The third kappa shape index (κ3) is 3.68. The van der Waals surface area contributed by atoms with Gasteiger partial charge in [0.2, 0.25) is 11.8 Å². The SMILES string of the molecule is C[C@@H]1CC[C@@H](C(N)=O)CN1C(=O)/C=C/c1ccccc1F. The minimum absolute atomic E-state index is 0.0540. The third-order valence-corrected chi connectivity index (χ3v) is 3.88. The number of benzene rings is 1. The van der Waals surface area contributed by atoms with Gasteiger partial charge in [-0.3, -0.25) is 9.59 Å². The smallest absolute Gasteiger partial charge is 0.246 e. The van der Waals surface area contributed by atoms with Crippen LogP contribution in [0, 0.1) is 11.7 Å². The number of piperidine rings is 1. The molecule has 0 bridgehead atoms. The lowest BCUT2D eigenvalue weighted by Crippen LogP contribution is -2.48. The van der Waals surface area contributed by atoms with Gasteiger partial charge in [0, 0.05) is 24.2 Å². The molecule has 1 aliphatic rings. The van der Waals surface area contributed by atoms with Crippen LogP contribution < -0.4 is 5.73 Å². The zero-order chi connectivity index (χ0) is 15.4. The molecule has 0 radical (unpaired) electrons. The van der Waals surface area contributed by atoms with E-state index in [1.807, 2.05) is 6.92 Å². The summed E-state index contributed by atoms with van der Waals surface area (Å²) in [6, 6.07) is 6.30. The number of carbonyl (C=O) groups excluding carboxylic acids is 2. The molecule has 0 saturated carbocycles. The Morgan fingerprint density at radius 2 is 2.05 bits per heavy atom. The van der Waals surface area contributed by atoms with Crippen LogP contribution >= 0.6 is 0 Å². The highest BCUT2D eigenvalue weighted by Crippen LogP contribution is 2.22. The van der Waals surface area contributed by atoms with Crippen LogP contribution in [0.5, 0.6) is 0 Å². The number of carbonyl (C=O) groups is 2. The lowest BCUT2D eigenvalue weighted by molar-refractivity contribution is -0.133. The lowest BCUT2D eigenvalue weighted by atomic mass is 9.93. The highest BCUT2D eigenvalue weighted by atomic mass is 19.1. The van der Waals surface area contributed by atoms with Crippen molar-refractivity contribution in [3.63, 3.8) is 0 Å². The normalized spacial score (nSPS) is 22.5. The Labute approximate surface area is 123 Å². The fourth-order valence-corrected chi connectivity index (χ4v) is 2.51. The number of amides is 2. The van der Waals surface area contributed by atoms with Crippen molar-refractivity contribution in [3.8, 4) is 0 Å². The van der Waals surface area contributed by atoms with Gasteiger partial charge in [0.1, 0.15) is 5.82 Å². The molecule has 0 aromatic heterocycles. The van der Waals surface area contributed by atoms with Gasteiger partial charge in [-0.25, -0.2) is 4.39 Å². The van der Waals surface area contributed by atoms with E-state index >= 15 is 0 Å². The van der Waals surface area contributed by atoms with E-state index in [9.17, 15) is 14.0 Å². The summed E-state index contributed by atoms with van der Waals surface area (Å²) in [4.78, 5) is 25.1. The molecular weight excluding hydrogens is 271 g/mol. The third-order valence-electron chi connectivity index (χ3n) is 3.88. The molecule has 0 unspecified atom stereocenters. The fraction of sp³-hybridized carbons (Fsp3) is 0.375. The molecule has 1 saturated heterocycles. The first kappa shape index (κ1) is 15.2. The second-order valence-electron chi connectivity index (χ2n) is 5.37. The molecule has 112 valence electrons. The van der Waals surface area contributed by atoms with E-state index in [2.05, 4.69) is 0 Å². The van der Waals surface area contributed by atoms with Crippen molar-refractivity contribution in [1.29, 1.82) is 0 Å². The van der Waals surface area contributed by atoms with Gasteiger partial charge in [-0.1, -0.05) is 18.2 Å². The summed E-state index contributed by atoms with van der Waals surface area (Å²) < 4.78 is 13.5. The van der Waals surface area contributed by atoms with Crippen molar-refractivity contribution in [3.05, 3.63) is 41.7 Å². The Bertz CT molecular complexity index is 571. The van der Waals surface area contributed by atoms with E-state index in [-0.39, 0.29) is 29.6 Å². The largest absolute Gasteiger partial charge is 0.369 e. The molecule has 4 nitrogen and oxygen atoms in total. The van der Waals surface area contributed by atoms with Crippen LogP contribution in [0.1, 0.15) is 25.3 Å². The second-order valence-corrected chi connectivity index (χ2v) is 5.37. The standard InChI is InChI=1S/C16H19FN2O2/c1-11-6-7-13(16(18)21)10-19(11)15(20)9-8-12-4-2-3-5-14(12)17/h2-5,8-9,11,13H,6-7,10H2,1H3,(H2,18,21)/b9-8+/t11-,13-/m1/s1. The van der Waals surface area contributed by atoms with E-state index in [0.717, 1.165) is 6.42 Å². The number of hydrogen-bond donors (Lipinski definition) is 1. The van der Waals surface area contributed by atoms with Gasteiger partial charge in [0.05, 0.1) is 5.92 Å². The van der Waals surface area contributed by atoms with Crippen molar-refractivity contribution >= 4 is 17.9 Å². The first-order valence-corrected chi connectivity index (χ1v) is 7.01. The molecule has 1 heterocycles. The minimum Gasteiger partial charge on any atom is -0.369 e. The first-order valence-electron chi connectivity index (χ1n) is 7.01. The summed E-state index contributed by atoms with van der Waals surface area (Å²) in [5.74, 6) is -1.27. The summed E-state index contributed by atoms with van der Waals surface area (Å²) in [5.41, 5.74) is 5.68. The number of nitrogens with two attached hydrogens (primary N) is 1. The van der Waals surface area contributed by atoms with E-state index in [1.54, 1.807) is 23.1 Å². The molecular formula is C16H19FN2O2. The molecule has 2 amide bonds. The van der Waals surface area contributed by atoms with E-state index in [0.29, 0.717) is 18.5 Å². The van der Waals surface area contributed by atoms with Gasteiger partial charge >= 0.3 is 0 Å². The Morgan fingerprint density at radius 1 is 1.33 bits per heavy atom. The van der Waals surface area contributed by atoms with Crippen molar-refractivity contribution in [1.82, 2.24) is 4.90 Å². The van der Waals surface area contributed by atoms with E-state index in [1.165, 1.54) is 18.2 Å². The molecule has 1 fully saturated rings. The van der Waals surface area contributed by atoms with Crippen molar-refractivity contribution in [2.75, 3.05) is 6.54 Å². The molecule has 2 atom stereocenters. The number of hydrogen-bond acceptors (Lipinski definition) is 2. The van der Waals surface area contributed by atoms with Crippen LogP contribution in [0.15, 0.2) is 30.3 Å². The highest BCUT2D eigenvalue weighted by Gasteiger charge is 2.30. The molecule has 1 aromatic carbocycles. The molecule has 0 spiro atoms. The summed E-state index contributed by atoms with van der Waals surface area (Å²) in [5, 5.41) is 0. The zero-order valence-electron chi connectivity index (χ0n) is 12.0. The quantitative estimate of drug-likeness (QED) is 0.865. The number of nitrogens with zero attached hydrogens (tertiary/aromatic N) is 1. The van der Waals surface area contributed by atoms with Crippen LogP contribution in [-0.4, -0.2) is 29.3 Å². The summed E-state index contributed by atoms with van der Waals surface area (Å²) in [6.45, 7) is 2.27. The van der Waals surface area contributed by atoms with Crippen LogP contribution in [0.2, 0.25) is 0 Å². The fourth-order valence-electron chi connectivity index (χ4n) is 2.51. The molecule has 1 aliphatic heterocycles. The summed E-state index contributed by atoms with van der Waals surface area (Å²) in [7, 11) is 0. The van der Waals surface area contributed by atoms with Crippen molar-refractivity contribution in [2.45, 2.75) is 25.8 Å². The first-order chi connectivity index (χ1) is 9.99. The Morgan fingerprint density at radius 3 is 2.71 bits per heavy atom. The van der Waals surface area contributed by atoms with Crippen LogP contribution in [0.4, 0.5) is 4.39 Å². The maximum absolute atomic E-state index is 13.5. The van der Waals surface area contributed by atoms with Gasteiger partial charge in [-0.2, -0.15) is 0 Å². The predicted octanol–water partition coefficient (Wildman–Crippen LogP) is 1.95. The lowest BCUT2D eigenvalue weighted by Gasteiger charge is -2.36. The van der Waals surface area contributed by atoms with Gasteiger partial charge in [0.15, 0.2) is 0 Å². The monoisotopic (exact) mass is 290 g/mol. The Balaban J connectivity index is 2.08. The maximum Gasteiger partial charge on any atom is 0.246 e.